The van der Waals surface area contributed by atoms with Gasteiger partial charge in [0.05, 0.1) is 0 Å². The van der Waals surface area contributed by atoms with Crippen molar-refractivity contribution in [2.24, 2.45) is 0 Å². The van der Waals surface area contributed by atoms with Gasteiger partial charge >= 0.3 is 165 Å². The van der Waals surface area contributed by atoms with Crippen LogP contribution in [0.1, 0.15) is 17.5 Å². The molecule has 4 unspecified atom stereocenters. The molecule has 0 saturated carbocycles. The number of hydrogen-bond donors (Lipinski definition) is 3. The van der Waals surface area contributed by atoms with Crippen molar-refractivity contribution in [3.8, 4) is 11.5 Å². The summed E-state index contributed by atoms with van der Waals surface area (Å²) in [6, 6.07) is 15.4. The van der Waals surface area contributed by atoms with Crippen LogP contribution in [0.25, 0.3) is 5.57 Å². The molecule has 10 fully saturated rings. The summed E-state index contributed by atoms with van der Waals surface area (Å²) in [5.74, 6) is 0.594. The molecule has 2 aromatic rings. The normalized spacial score (nSPS) is 72.2. The van der Waals surface area contributed by atoms with Crippen LogP contribution in [0.15, 0.2) is 54.1 Å². The van der Waals surface area contributed by atoms with E-state index < -0.39 is 6.51 Å². The van der Waals surface area contributed by atoms with Gasteiger partial charge in [-0.1, -0.05) is 0 Å². The van der Waals surface area contributed by atoms with Crippen LogP contribution in [0.2, 0.25) is 47.7 Å². The van der Waals surface area contributed by atoms with Crippen molar-refractivity contribution >= 4 is 5.57 Å². The first kappa shape index (κ1) is 13.6. The van der Waals surface area contributed by atoms with Crippen molar-refractivity contribution in [2.75, 3.05) is 6.61 Å². The molecule has 3 N–H and O–H groups in total. The van der Waals surface area contributed by atoms with Gasteiger partial charge in [0.2, 0.25) is 0 Å². The number of phenolic OH excluding ortho intramolecular Hbond substituents is 2. The predicted molar refractivity (Wildman–Crippen MR) is 110 cm³/mol. The molecule has 10 aliphatic rings. The molecule has 0 bridgehead atoms. The van der Waals surface area contributed by atoms with Gasteiger partial charge in [-0.05, 0) is 0 Å². The topological polar surface area (TPSA) is 60.7 Å². The summed E-state index contributed by atoms with van der Waals surface area (Å²) in [5.41, 5.74) is 5.26. The molecular formula is C26H24FeO3. The zero-order valence-electron chi connectivity index (χ0n) is 16.4. The Morgan fingerprint density at radius 3 is 1.43 bits per heavy atom. The summed E-state index contributed by atoms with van der Waals surface area (Å²) >= 11 is 0. The Hall–Kier alpha value is -1.74. The zero-order valence-corrected chi connectivity index (χ0v) is 17.5. The Labute approximate surface area is 164 Å². The van der Waals surface area contributed by atoms with Crippen molar-refractivity contribution in [1.29, 1.82) is 0 Å². The van der Waals surface area contributed by atoms with Gasteiger partial charge in [0.1, 0.15) is 0 Å². The molecule has 4 atom stereocenters. The predicted octanol–water partition coefficient (Wildman–Crippen LogP) is 6.04. The van der Waals surface area contributed by atoms with Gasteiger partial charge in [0.25, 0.3) is 0 Å². The third-order valence-electron chi connectivity index (χ3n) is 18.1. The minimum atomic E-state index is -3.40. The summed E-state index contributed by atoms with van der Waals surface area (Å²) in [4.78, 5) is 11.0. The summed E-state index contributed by atoms with van der Waals surface area (Å²) in [5, 5.41) is 30.1. The standard InChI is InChI=1S/C21H19O3.C5H5.Fe/c22-14-13-20(15-3-1-2-4-15)21(16-5-9-18(23)10-6-16)17-7-11-19(24)12-8-17;1-2-4-5-3-1;/h1-12,22-24H,13-14H2;1-5H;. The van der Waals surface area contributed by atoms with Crippen molar-refractivity contribution in [3.63, 3.8) is 0 Å². The van der Waals surface area contributed by atoms with Gasteiger partial charge in [-0.2, -0.15) is 0 Å². The second-order valence-electron chi connectivity index (χ2n) is 14.1. The zero-order chi connectivity index (χ0) is 19.5. The SMILES string of the molecule is OCCC(=C(c1ccc(O)cc1)c1ccc(O)cc1)[C]12[CH]3[CH]4[CH]5[CH]1[Fe]45321678[CH]2[CH]1[CH]6[CH]7[CH]28. The molecule has 10 saturated heterocycles. The first-order chi connectivity index (χ1) is 14.4. The third kappa shape index (κ3) is 0.263. The van der Waals surface area contributed by atoms with E-state index in [2.05, 4.69) is 24.3 Å². The molecule has 30 heavy (non-hydrogen) atoms. The van der Waals surface area contributed by atoms with Crippen LogP contribution in [0.3, 0.4) is 0 Å². The molecule has 0 aromatic heterocycles. The van der Waals surface area contributed by atoms with Crippen LogP contribution < -0.4 is 0 Å². The van der Waals surface area contributed by atoms with E-state index >= 15 is 0 Å². The number of aromatic hydroxyl groups is 2. The number of fused-ring (bicyclic) bond motifs is 10. The summed E-state index contributed by atoms with van der Waals surface area (Å²) < 4.78 is 0.576. The molecule has 1 spiro atoms. The molecule has 10 heterocycles. The molecule has 0 aliphatic carbocycles. The van der Waals surface area contributed by atoms with Gasteiger partial charge in [0, 0.05) is 0 Å². The molecule has 2 aromatic carbocycles. The summed E-state index contributed by atoms with van der Waals surface area (Å²) in [6.07, 6.45) is 0.806. The van der Waals surface area contributed by atoms with E-state index in [9.17, 15) is 15.3 Å². The fourth-order valence-electron chi connectivity index (χ4n) is 19.4. The molecule has 154 valence electrons. The van der Waals surface area contributed by atoms with Gasteiger partial charge in [-0.25, -0.2) is 0 Å². The van der Waals surface area contributed by atoms with E-state index in [1.165, 1.54) is 39.3 Å². The molecule has 12 rings (SSSR count). The Morgan fingerprint density at radius 1 is 0.700 bits per heavy atom. The van der Waals surface area contributed by atoms with E-state index in [1.807, 2.05) is 0 Å². The quantitative estimate of drug-likeness (QED) is 0.497. The summed E-state index contributed by atoms with van der Waals surface area (Å²) in [6.45, 7) is -3.17. The van der Waals surface area contributed by atoms with E-state index in [1.54, 1.807) is 29.8 Å². The second-order valence-corrected chi connectivity index (χ2v) is 37.7. The maximum absolute atomic E-state index is 10.3. The molecule has 10 aliphatic heterocycles. The fourth-order valence-corrected chi connectivity index (χ4v) is 93.8. The van der Waals surface area contributed by atoms with E-state index in [0.29, 0.717) is 15.8 Å². The van der Waals surface area contributed by atoms with Crippen LogP contribution in [-0.2, 0) is 6.51 Å². The Balaban J connectivity index is 1.23. The van der Waals surface area contributed by atoms with Crippen molar-refractivity contribution in [3.05, 3.63) is 65.2 Å². The monoisotopic (exact) mass is 440 g/mol. The van der Waals surface area contributed by atoms with Crippen molar-refractivity contribution < 1.29 is 21.8 Å². The van der Waals surface area contributed by atoms with Gasteiger partial charge in [0.15, 0.2) is 0 Å². The Bertz CT molecular complexity index is 1560. The first-order valence-corrected chi connectivity index (χ1v) is 17.8. The number of benzene rings is 2. The number of hydrogen-bond acceptors (Lipinski definition) is 3. The van der Waals surface area contributed by atoms with Crippen LogP contribution in [0.4, 0.5) is 0 Å². The Kier molecular flexibility index (Phi) is 0.785. The van der Waals surface area contributed by atoms with Crippen molar-refractivity contribution in [1.82, 2.24) is 0 Å². The van der Waals surface area contributed by atoms with Gasteiger partial charge in [-0.3, -0.25) is 0 Å². The van der Waals surface area contributed by atoms with Crippen LogP contribution >= 0.6 is 0 Å². The fraction of sp³-hybridized carbons (Fsp3) is 0.462. The first-order valence-electron chi connectivity index (χ1n) is 11.5. The molecular weight excluding hydrogens is 416 g/mol. The molecule has 4 heteroatoms. The van der Waals surface area contributed by atoms with E-state index in [4.69, 9.17) is 0 Å². The molecule has 0 radical (unpaired) electrons. The Morgan fingerprint density at radius 2 is 1.13 bits per heavy atom. The maximum atomic E-state index is 10.3. The minimum absolute atomic E-state index is 0.229. The van der Waals surface area contributed by atoms with E-state index in [-0.39, 0.29) is 6.61 Å². The molecule has 3 nitrogen and oxygen atoms in total. The van der Waals surface area contributed by atoms with Crippen LogP contribution in [0.5, 0.6) is 11.5 Å². The van der Waals surface area contributed by atoms with Crippen LogP contribution in [0, 0.1) is 0 Å². The number of phenols is 2. The van der Waals surface area contributed by atoms with Crippen molar-refractivity contribution in [2.45, 2.75) is 54.1 Å². The van der Waals surface area contributed by atoms with E-state index in [0.717, 1.165) is 27.2 Å². The van der Waals surface area contributed by atoms with Crippen LogP contribution in [-0.4, -0.2) is 21.9 Å². The van der Waals surface area contributed by atoms with Gasteiger partial charge in [-0.15, -0.1) is 0 Å². The number of aliphatic hydroxyl groups excluding tert-OH is 1. The summed E-state index contributed by atoms with van der Waals surface area (Å²) in [7, 11) is 0. The van der Waals surface area contributed by atoms with Gasteiger partial charge < -0.3 is 0 Å². The number of rotatable bonds is 5. The average Bonchev–Trinajstić information content (AvgIpc) is 3.69. The third-order valence-corrected chi connectivity index (χ3v) is 60.5. The molecule has 0 amide bonds. The average molecular weight is 440 g/mol. The second kappa shape index (κ2) is 1.73. The number of aliphatic hydroxyl groups is 1.